The predicted octanol–water partition coefficient (Wildman–Crippen LogP) is 11.4. The largest absolute Gasteiger partial charge is 0.545 e. The zero-order valence-electron chi connectivity index (χ0n) is 38.8. The minimum atomic E-state index is -1.63. The van der Waals surface area contributed by atoms with Crippen molar-refractivity contribution < 1.29 is 42.9 Å². The van der Waals surface area contributed by atoms with E-state index in [1.54, 1.807) is 0 Å². The lowest BCUT2D eigenvalue weighted by molar-refractivity contribution is -0.870. The van der Waals surface area contributed by atoms with Gasteiger partial charge in [-0.3, -0.25) is 9.59 Å². The Balaban J connectivity index is 4.45. The standard InChI is InChI=1S/C51H87NO8/c1-6-8-10-12-14-16-18-20-21-22-23-24-25-26-27-28-29-30-32-34-36-38-40-42-49(54)60-47(46-59-51(50(55)56)57-44-43-52(3,4)5)45-58-48(53)41-39-37-35-33-31-19-17-15-13-11-9-7-2/h8,10,14,16,20-21,23-24,26-27,29-30,47,51H,6-7,9,11-13,15,17-19,22,25,28,31-46H2,1-5H3/b10-8-,16-14-,21-20-,24-23-,27-26-,30-29-. The molecule has 0 radical (unpaired) electrons. The number of carbonyl (C=O) groups is 3. The molecule has 0 aromatic heterocycles. The van der Waals surface area contributed by atoms with E-state index < -0.39 is 24.3 Å². The highest BCUT2D eigenvalue weighted by Crippen LogP contribution is 2.14. The van der Waals surface area contributed by atoms with Crippen molar-refractivity contribution in [3.63, 3.8) is 0 Å². The van der Waals surface area contributed by atoms with Gasteiger partial charge < -0.3 is 33.3 Å². The number of aliphatic carboxylic acids is 1. The fraction of sp³-hybridized carbons (Fsp3) is 0.706. The van der Waals surface area contributed by atoms with Crippen LogP contribution in [0.2, 0.25) is 0 Å². The van der Waals surface area contributed by atoms with Crippen molar-refractivity contribution in [1.82, 2.24) is 0 Å². The molecule has 0 N–H and O–H groups in total. The first-order valence-electron chi connectivity index (χ1n) is 23.6. The van der Waals surface area contributed by atoms with Crippen molar-refractivity contribution in [3.05, 3.63) is 72.9 Å². The number of allylic oxidation sites excluding steroid dienone is 12. The van der Waals surface area contributed by atoms with Crippen molar-refractivity contribution in [3.8, 4) is 0 Å². The lowest BCUT2D eigenvalue weighted by Gasteiger charge is -2.26. The third kappa shape index (κ3) is 42.8. The molecule has 2 unspecified atom stereocenters. The van der Waals surface area contributed by atoms with Gasteiger partial charge in [0.05, 0.1) is 40.3 Å². The summed E-state index contributed by atoms with van der Waals surface area (Å²) in [4.78, 5) is 37.0. The van der Waals surface area contributed by atoms with Crippen LogP contribution < -0.4 is 5.11 Å². The number of nitrogens with zero attached hydrogens (tertiary/aromatic N) is 1. The molecule has 0 aromatic carbocycles. The Labute approximate surface area is 367 Å². The van der Waals surface area contributed by atoms with Gasteiger partial charge in [0, 0.05) is 12.8 Å². The van der Waals surface area contributed by atoms with Crippen LogP contribution in [0.3, 0.4) is 0 Å². The van der Waals surface area contributed by atoms with Gasteiger partial charge in [-0.1, -0.05) is 170 Å². The van der Waals surface area contributed by atoms with Crippen LogP contribution in [-0.4, -0.2) is 82.3 Å². The van der Waals surface area contributed by atoms with Gasteiger partial charge in [-0.25, -0.2) is 0 Å². The highest BCUT2D eigenvalue weighted by atomic mass is 16.7. The number of carbonyl (C=O) groups excluding carboxylic acids is 3. The maximum Gasteiger partial charge on any atom is 0.306 e. The molecule has 60 heavy (non-hydrogen) atoms. The quantitative estimate of drug-likeness (QED) is 0.0196. The fourth-order valence-corrected chi connectivity index (χ4v) is 6.07. The Morgan fingerprint density at radius 3 is 1.42 bits per heavy atom. The number of rotatable bonds is 42. The molecule has 0 aliphatic heterocycles. The van der Waals surface area contributed by atoms with Crippen LogP contribution in [-0.2, 0) is 33.3 Å². The summed E-state index contributed by atoms with van der Waals surface area (Å²) in [6, 6.07) is 0. The normalized spacial score (nSPS) is 13.6. The van der Waals surface area contributed by atoms with E-state index in [0.717, 1.165) is 83.5 Å². The Bertz CT molecular complexity index is 1210. The van der Waals surface area contributed by atoms with E-state index in [1.165, 1.54) is 57.8 Å². The first kappa shape index (κ1) is 56.7. The first-order valence-corrected chi connectivity index (χ1v) is 23.6. The van der Waals surface area contributed by atoms with Gasteiger partial charge in [0.2, 0.25) is 0 Å². The average Bonchev–Trinajstić information content (AvgIpc) is 3.21. The fourth-order valence-electron chi connectivity index (χ4n) is 6.07. The van der Waals surface area contributed by atoms with Crippen molar-refractivity contribution >= 4 is 17.9 Å². The summed E-state index contributed by atoms with van der Waals surface area (Å²) < 4.78 is 22.5. The Morgan fingerprint density at radius 1 is 0.517 bits per heavy atom. The molecule has 0 bridgehead atoms. The van der Waals surface area contributed by atoms with Gasteiger partial charge in [0.15, 0.2) is 12.4 Å². The molecule has 0 rings (SSSR count). The third-order valence-electron chi connectivity index (χ3n) is 9.72. The van der Waals surface area contributed by atoms with Gasteiger partial charge in [0.25, 0.3) is 0 Å². The zero-order chi connectivity index (χ0) is 44.2. The van der Waals surface area contributed by atoms with Crippen LogP contribution >= 0.6 is 0 Å². The van der Waals surface area contributed by atoms with E-state index in [1.807, 2.05) is 21.1 Å². The Kier molecular flexibility index (Phi) is 40.1. The van der Waals surface area contributed by atoms with Crippen LogP contribution in [0.25, 0.3) is 0 Å². The Morgan fingerprint density at radius 2 is 0.950 bits per heavy atom. The number of carboxylic acids is 1. The van der Waals surface area contributed by atoms with Crippen LogP contribution in [0.5, 0.6) is 0 Å². The molecule has 0 aliphatic carbocycles. The van der Waals surface area contributed by atoms with E-state index in [4.69, 9.17) is 18.9 Å². The third-order valence-corrected chi connectivity index (χ3v) is 9.72. The summed E-state index contributed by atoms with van der Waals surface area (Å²) in [6.07, 6.45) is 49.3. The summed E-state index contributed by atoms with van der Waals surface area (Å²) in [5, 5.41) is 11.7. The second kappa shape index (κ2) is 42.4. The lowest BCUT2D eigenvalue weighted by atomic mass is 10.0. The van der Waals surface area contributed by atoms with Gasteiger partial charge in [-0.05, 0) is 64.2 Å². The first-order chi connectivity index (χ1) is 29.1. The molecule has 0 fully saturated rings. The smallest absolute Gasteiger partial charge is 0.306 e. The maximum absolute atomic E-state index is 12.8. The van der Waals surface area contributed by atoms with Gasteiger partial charge in [-0.2, -0.15) is 0 Å². The van der Waals surface area contributed by atoms with E-state index >= 15 is 0 Å². The molecule has 0 saturated heterocycles. The van der Waals surface area contributed by atoms with Crippen molar-refractivity contribution in [2.45, 2.75) is 187 Å². The summed E-state index contributed by atoms with van der Waals surface area (Å²) in [7, 11) is 5.89. The minimum Gasteiger partial charge on any atom is -0.545 e. The van der Waals surface area contributed by atoms with E-state index in [9.17, 15) is 19.5 Å². The van der Waals surface area contributed by atoms with Crippen LogP contribution in [0.4, 0.5) is 0 Å². The predicted molar refractivity (Wildman–Crippen MR) is 246 cm³/mol. The number of hydrogen-bond acceptors (Lipinski definition) is 8. The average molecular weight is 842 g/mol. The number of likely N-dealkylation sites (N-methyl/N-ethyl adjacent to an activating group) is 1. The van der Waals surface area contributed by atoms with Gasteiger partial charge >= 0.3 is 11.9 Å². The minimum absolute atomic E-state index is 0.140. The molecule has 0 amide bonds. The summed E-state index contributed by atoms with van der Waals surface area (Å²) in [5.74, 6) is -2.33. The molecular formula is C51H87NO8. The van der Waals surface area contributed by atoms with Crippen molar-refractivity contribution in [2.24, 2.45) is 0 Å². The summed E-state index contributed by atoms with van der Waals surface area (Å²) in [5.41, 5.74) is 0. The SMILES string of the molecule is CC/C=C\C/C=C\C/C=C\C/C=C\C/C=C\C/C=C\CCCCCCC(=O)OC(COC(=O)CCCCCCCCCCCCCC)COC(OCC[N+](C)(C)C)C(=O)[O-]. The molecule has 0 aromatic rings. The molecular weight excluding hydrogens is 755 g/mol. The number of esters is 2. The van der Waals surface area contributed by atoms with Crippen LogP contribution in [0, 0.1) is 0 Å². The molecule has 9 heteroatoms. The van der Waals surface area contributed by atoms with Crippen LogP contribution in [0.15, 0.2) is 72.9 Å². The van der Waals surface area contributed by atoms with Gasteiger partial charge in [-0.15, -0.1) is 0 Å². The molecule has 0 aliphatic rings. The van der Waals surface area contributed by atoms with Gasteiger partial charge in [0.1, 0.15) is 13.2 Å². The number of carboxylic acid groups (broad SMARTS) is 1. The highest BCUT2D eigenvalue weighted by molar-refractivity contribution is 5.70. The second-order valence-corrected chi connectivity index (χ2v) is 16.7. The molecule has 9 nitrogen and oxygen atoms in total. The second-order valence-electron chi connectivity index (χ2n) is 16.7. The number of unbranched alkanes of at least 4 members (excludes halogenated alkanes) is 15. The summed E-state index contributed by atoms with van der Waals surface area (Å²) >= 11 is 0. The molecule has 0 spiro atoms. The van der Waals surface area contributed by atoms with E-state index in [2.05, 4.69) is 86.8 Å². The number of hydrogen-bond donors (Lipinski definition) is 0. The zero-order valence-corrected chi connectivity index (χ0v) is 38.8. The summed E-state index contributed by atoms with van der Waals surface area (Å²) in [6.45, 7) is 4.58. The molecule has 344 valence electrons. The molecule has 0 saturated carbocycles. The van der Waals surface area contributed by atoms with Crippen molar-refractivity contribution in [1.29, 1.82) is 0 Å². The maximum atomic E-state index is 12.8. The molecule has 2 atom stereocenters. The van der Waals surface area contributed by atoms with Crippen molar-refractivity contribution in [2.75, 3.05) is 47.5 Å². The number of ether oxygens (including phenoxy) is 4. The monoisotopic (exact) mass is 842 g/mol. The topological polar surface area (TPSA) is 111 Å². The van der Waals surface area contributed by atoms with E-state index in [0.29, 0.717) is 17.4 Å². The van der Waals surface area contributed by atoms with Crippen LogP contribution in [0.1, 0.15) is 174 Å². The highest BCUT2D eigenvalue weighted by Gasteiger charge is 2.21. The van der Waals surface area contributed by atoms with E-state index in [-0.39, 0.29) is 38.6 Å². The lowest BCUT2D eigenvalue weighted by Crippen LogP contribution is -2.44. The Hall–Kier alpha value is -3.27. The molecule has 0 heterocycles. The number of quaternary nitrogens is 1.